The van der Waals surface area contributed by atoms with Crippen molar-refractivity contribution < 1.29 is 9.53 Å². The number of amides is 1. The van der Waals surface area contributed by atoms with Crippen LogP contribution in [0.5, 0.6) is 5.75 Å². The first-order valence-corrected chi connectivity index (χ1v) is 10.9. The molecule has 30 heavy (non-hydrogen) atoms. The Hall–Kier alpha value is -2.48. The van der Waals surface area contributed by atoms with Gasteiger partial charge in [0.25, 0.3) is 0 Å². The zero-order chi connectivity index (χ0) is 21.5. The molecule has 0 radical (unpaired) electrons. The van der Waals surface area contributed by atoms with Crippen molar-refractivity contribution in [2.45, 2.75) is 18.6 Å². The second-order valence-corrected chi connectivity index (χ2v) is 7.88. The third kappa shape index (κ3) is 5.36. The predicted molar refractivity (Wildman–Crippen MR) is 123 cm³/mol. The van der Waals surface area contributed by atoms with Gasteiger partial charge in [-0.15, -0.1) is 16.8 Å². The van der Waals surface area contributed by atoms with Crippen molar-refractivity contribution in [3.05, 3.63) is 65.2 Å². The fraction of sp³-hybridized carbons (Fsp3) is 0.190. The second kappa shape index (κ2) is 10.5. The SMILES string of the molecule is C=CCn1c(SCC(=O)Nc2ccccc2OCC)nnc1-c1ccc(Cl)cc1Cl. The van der Waals surface area contributed by atoms with Gasteiger partial charge in [0.1, 0.15) is 5.75 Å². The van der Waals surface area contributed by atoms with Crippen molar-refractivity contribution in [1.82, 2.24) is 14.8 Å². The van der Waals surface area contributed by atoms with Gasteiger partial charge < -0.3 is 10.1 Å². The molecule has 0 fully saturated rings. The summed E-state index contributed by atoms with van der Waals surface area (Å²) in [5.41, 5.74) is 1.34. The molecule has 3 aromatic rings. The van der Waals surface area contributed by atoms with E-state index in [1.807, 2.05) is 29.7 Å². The molecule has 9 heteroatoms. The highest BCUT2D eigenvalue weighted by Gasteiger charge is 2.17. The van der Waals surface area contributed by atoms with Crippen LogP contribution in [0.4, 0.5) is 5.69 Å². The molecule has 0 bridgehead atoms. The number of carbonyl (C=O) groups is 1. The first-order valence-electron chi connectivity index (χ1n) is 9.17. The molecule has 0 aliphatic heterocycles. The van der Waals surface area contributed by atoms with E-state index in [1.165, 1.54) is 11.8 Å². The minimum atomic E-state index is -0.175. The number of halogens is 2. The molecule has 3 rings (SSSR count). The summed E-state index contributed by atoms with van der Waals surface area (Å²) in [5.74, 6) is 1.20. The molecule has 0 unspecified atom stereocenters. The molecule has 1 N–H and O–H groups in total. The van der Waals surface area contributed by atoms with Crippen LogP contribution in [0.25, 0.3) is 11.4 Å². The Morgan fingerprint density at radius 2 is 2.07 bits per heavy atom. The number of benzene rings is 2. The minimum absolute atomic E-state index is 0.157. The van der Waals surface area contributed by atoms with E-state index in [4.69, 9.17) is 27.9 Å². The number of nitrogens with one attached hydrogen (secondary N) is 1. The molecule has 0 saturated heterocycles. The molecule has 0 aliphatic carbocycles. The van der Waals surface area contributed by atoms with Crippen molar-refractivity contribution >= 4 is 46.6 Å². The Morgan fingerprint density at radius 3 is 2.80 bits per heavy atom. The van der Waals surface area contributed by atoms with Crippen LogP contribution in [-0.4, -0.2) is 33.0 Å². The van der Waals surface area contributed by atoms with Crippen LogP contribution in [0, 0.1) is 0 Å². The van der Waals surface area contributed by atoms with Crippen LogP contribution < -0.4 is 10.1 Å². The van der Waals surface area contributed by atoms with E-state index in [0.29, 0.717) is 51.2 Å². The summed E-state index contributed by atoms with van der Waals surface area (Å²) in [6.07, 6.45) is 1.74. The van der Waals surface area contributed by atoms with Gasteiger partial charge in [0.2, 0.25) is 5.91 Å². The second-order valence-electron chi connectivity index (χ2n) is 6.10. The topological polar surface area (TPSA) is 69.0 Å². The molecule has 2 aromatic carbocycles. The highest BCUT2D eigenvalue weighted by atomic mass is 35.5. The number of ether oxygens (including phenoxy) is 1. The van der Waals surface area contributed by atoms with Crippen LogP contribution >= 0.6 is 35.0 Å². The third-order valence-corrected chi connectivity index (χ3v) is 5.51. The molecular weight excluding hydrogens is 443 g/mol. The lowest BCUT2D eigenvalue weighted by molar-refractivity contribution is -0.113. The molecule has 0 spiro atoms. The Balaban J connectivity index is 1.75. The van der Waals surface area contributed by atoms with Crippen LogP contribution in [-0.2, 0) is 11.3 Å². The Morgan fingerprint density at radius 1 is 1.27 bits per heavy atom. The summed E-state index contributed by atoms with van der Waals surface area (Å²) in [6, 6.07) is 12.5. The third-order valence-electron chi connectivity index (χ3n) is 3.99. The van der Waals surface area contributed by atoms with Crippen LogP contribution in [0.15, 0.2) is 60.3 Å². The first kappa shape index (κ1) is 22.2. The van der Waals surface area contributed by atoms with Gasteiger partial charge in [-0.25, -0.2) is 0 Å². The van der Waals surface area contributed by atoms with E-state index in [-0.39, 0.29) is 11.7 Å². The zero-order valence-electron chi connectivity index (χ0n) is 16.3. The number of hydrogen-bond acceptors (Lipinski definition) is 5. The lowest BCUT2D eigenvalue weighted by Gasteiger charge is -2.11. The van der Waals surface area contributed by atoms with Gasteiger partial charge in [-0.1, -0.05) is 53.2 Å². The quantitative estimate of drug-likeness (QED) is 0.332. The first-order chi connectivity index (χ1) is 14.5. The van der Waals surface area contributed by atoms with Crippen LogP contribution in [0.3, 0.4) is 0 Å². The maximum Gasteiger partial charge on any atom is 0.234 e. The van der Waals surface area contributed by atoms with E-state index in [9.17, 15) is 4.79 Å². The van der Waals surface area contributed by atoms with E-state index in [2.05, 4.69) is 22.1 Å². The maximum atomic E-state index is 12.5. The molecular formula is C21H20Cl2N4O2S. The molecule has 156 valence electrons. The van der Waals surface area contributed by atoms with E-state index < -0.39 is 0 Å². The molecule has 6 nitrogen and oxygen atoms in total. The number of para-hydroxylation sites is 2. The number of allylic oxidation sites excluding steroid dienone is 1. The monoisotopic (exact) mass is 462 g/mol. The van der Waals surface area contributed by atoms with Gasteiger partial charge >= 0.3 is 0 Å². The summed E-state index contributed by atoms with van der Waals surface area (Å²) >= 11 is 13.6. The molecule has 0 atom stereocenters. The highest BCUT2D eigenvalue weighted by Crippen LogP contribution is 2.31. The molecule has 1 amide bonds. The summed E-state index contributed by atoms with van der Waals surface area (Å²) in [6.45, 7) is 6.67. The maximum absolute atomic E-state index is 12.5. The van der Waals surface area contributed by atoms with Crippen molar-refractivity contribution in [2.75, 3.05) is 17.7 Å². The van der Waals surface area contributed by atoms with Crippen molar-refractivity contribution in [3.63, 3.8) is 0 Å². The van der Waals surface area contributed by atoms with Crippen molar-refractivity contribution in [2.24, 2.45) is 0 Å². The van der Waals surface area contributed by atoms with Gasteiger partial charge in [0, 0.05) is 17.1 Å². The lowest BCUT2D eigenvalue weighted by atomic mass is 10.2. The summed E-state index contributed by atoms with van der Waals surface area (Å²) in [5, 5.41) is 13.0. The average Bonchev–Trinajstić information content (AvgIpc) is 3.11. The van der Waals surface area contributed by atoms with E-state index in [0.717, 1.165) is 0 Å². The number of thioether (sulfide) groups is 1. The van der Waals surface area contributed by atoms with E-state index in [1.54, 1.807) is 30.3 Å². The largest absolute Gasteiger partial charge is 0.492 e. The molecule has 0 aliphatic rings. The number of hydrogen-bond donors (Lipinski definition) is 1. The van der Waals surface area contributed by atoms with Crippen molar-refractivity contribution in [1.29, 1.82) is 0 Å². The summed E-state index contributed by atoms with van der Waals surface area (Å²) < 4.78 is 7.40. The summed E-state index contributed by atoms with van der Waals surface area (Å²) in [7, 11) is 0. The Kier molecular flexibility index (Phi) is 7.79. The average molecular weight is 463 g/mol. The van der Waals surface area contributed by atoms with Gasteiger partial charge in [-0.3, -0.25) is 9.36 Å². The number of rotatable bonds is 9. The fourth-order valence-corrected chi connectivity index (χ4v) is 3.97. The predicted octanol–water partition coefficient (Wildman–Crippen LogP) is 5.57. The van der Waals surface area contributed by atoms with Gasteiger partial charge in [-0.05, 0) is 37.3 Å². The zero-order valence-corrected chi connectivity index (χ0v) is 18.6. The number of nitrogens with zero attached hydrogens (tertiary/aromatic N) is 3. The van der Waals surface area contributed by atoms with E-state index >= 15 is 0 Å². The number of aromatic nitrogens is 3. The van der Waals surface area contributed by atoms with Crippen LogP contribution in [0.1, 0.15) is 6.92 Å². The Labute approximate surface area is 189 Å². The highest BCUT2D eigenvalue weighted by molar-refractivity contribution is 7.99. The van der Waals surface area contributed by atoms with Gasteiger partial charge in [0.15, 0.2) is 11.0 Å². The standard InChI is InChI=1S/C21H20Cl2N4O2S/c1-3-11-27-20(15-10-9-14(22)12-16(15)23)25-26-21(27)30-13-19(28)24-17-7-5-6-8-18(17)29-4-2/h3,5-10,12H,1,4,11,13H2,2H3,(H,24,28). The van der Waals surface area contributed by atoms with Gasteiger partial charge in [0.05, 0.1) is 23.1 Å². The van der Waals surface area contributed by atoms with Crippen molar-refractivity contribution in [3.8, 4) is 17.1 Å². The minimum Gasteiger partial charge on any atom is -0.492 e. The number of carbonyl (C=O) groups excluding carboxylic acids is 1. The van der Waals surface area contributed by atoms with Crippen LogP contribution in [0.2, 0.25) is 10.0 Å². The van der Waals surface area contributed by atoms with Gasteiger partial charge in [-0.2, -0.15) is 0 Å². The molecule has 1 aromatic heterocycles. The normalized spacial score (nSPS) is 10.6. The smallest absolute Gasteiger partial charge is 0.234 e. The lowest BCUT2D eigenvalue weighted by Crippen LogP contribution is -2.15. The Bertz CT molecular complexity index is 1060. The number of anilines is 1. The summed E-state index contributed by atoms with van der Waals surface area (Å²) in [4.78, 5) is 12.5. The fourth-order valence-electron chi connectivity index (χ4n) is 2.73. The molecule has 0 saturated carbocycles. The molecule has 1 heterocycles.